The van der Waals surface area contributed by atoms with E-state index < -0.39 is 0 Å². The molecule has 0 aliphatic carbocycles. The van der Waals surface area contributed by atoms with Crippen LogP contribution in [0.2, 0.25) is 0 Å². The molecule has 0 bridgehead atoms. The molecule has 1 rings (SSSR count). The van der Waals surface area contributed by atoms with Crippen LogP contribution in [-0.2, 0) is 7.05 Å². The molecule has 0 radical (unpaired) electrons. The Hall–Kier alpha value is -0.840. The second kappa shape index (κ2) is 5.48. The molecule has 1 aromatic heterocycles. The van der Waals surface area contributed by atoms with Gasteiger partial charge in [-0.2, -0.15) is 5.10 Å². The number of nitrogens with one attached hydrogen (secondary N) is 1. The SMILES string of the molecule is Cc1c(C(=O)NC(CBr)C(C)C)cnn1C. The lowest BCUT2D eigenvalue weighted by molar-refractivity contribution is 0.0931. The van der Waals surface area contributed by atoms with Gasteiger partial charge in [0.15, 0.2) is 0 Å². The van der Waals surface area contributed by atoms with Crippen LogP contribution in [-0.4, -0.2) is 27.1 Å². The van der Waals surface area contributed by atoms with Gasteiger partial charge < -0.3 is 5.32 Å². The summed E-state index contributed by atoms with van der Waals surface area (Å²) < 4.78 is 1.70. The van der Waals surface area contributed by atoms with Crippen molar-refractivity contribution in [3.05, 3.63) is 17.5 Å². The monoisotopic (exact) mass is 287 g/mol. The lowest BCUT2D eigenvalue weighted by atomic mass is 10.1. The number of rotatable bonds is 4. The largest absolute Gasteiger partial charge is 0.348 e. The van der Waals surface area contributed by atoms with Crippen LogP contribution in [0.25, 0.3) is 0 Å². The Balaban J connectivity index is 2.76. The first-order valence-corrected chi connectivity index (χ1v) is 6.45. The Morgan fingerprint density at radius 2 is 2.25 bits per heavy atom. The van der Waals surface area contributed by atoms with Crippen molar-refractivity contribution in [2.75, 3.05) is 5.33 Å². The van der Waals surface area contributed by atoms with Crippen molar-refractivity contribution in [3.63, 3.8) is 0 Å². The lowest BCUT2D eigenvalue weighted by Gasteiger charge is -2.19. The summed E-state index contributed by atoms with van der Waals surface area (Å²) in [4.78, 5) is 12.0. The van der Waals surface area contributed by atoms with Crippen LogP contribution in [0.5, 0.6) is 0 Å². The number of hydrogen-bond acceptors (Lipinski definition) is 2. The number of amides is 1. The van der Waals surface area contributed by atoms with Crippen LogP contribution in [0.1, 0.15) is 29.9 Å². The fraction of sp³-hybridized carbons (Fsp3) is 0.636. The molecule has 5 heteroatoms. The van der Waals surface area contributed by atoms with Gasteiger partial charge in [0.25, 0.3) is 5.91 Å². The molecule has 0 aliphatic heterocycles. The Morgan fingerprint density at radius 1 is 1.62 bits per heavy atom. The molecule has 0 saturated heterocycles. The summed E-state index contributed by atoms with van der Waals surface area (Å²) in [5.41, 5.74) is 1.53. The first-order valence-electron chi connectivity index (χ1n) is 5.32. The number of carbonyl (C=O) groups is 1. The van der Waals surface area contributed by atoms with Crippen molar-refractivity contribution >= 4 is 21.8 Å². The van der Waals surface area contributed by atoms with Crippen molar-refractivity contribution in [3.8, 4) is 0 Å². The van der Waals surface area contributed by atoms with E-state index in [1.54, 1.807) is 10.9 Å². The van der Waals surface area contributed by atoms with E-state index >= 15 is 0 Å². The smallest absolute Gasteiger partial charge is 0.254 e. The molecule has 1 unspecified atom stereocenters. The van der Waals surface area contributed by atoms with Gasteiger partial charge in [0, 0.05) is 24.1 Å². The van der Waals surface area contributed by atoms with Crippen molar-refractivity contribution < 1.29 is 4.79 Å². The third-order valence-corrected chi connectivity index (χ3v) is 3.46. The molecule has 4 nitrogen and oxygen atoms in total. The van der Waals surface area contributed by atoms with Crippen LogP contribution in [0.3, 0.4) is 0 Å². The maximum atomic E-state index is 12.0. The van der Waals surface area contributed by atoms with Crippen LogP contribution in [0.4, 0.5) is 0 Å². The number of aromatic nitrogens is 2. The first kappa shape index (κ1) is 13.2. The summed E-state index contributed by atoms with van der Waals surface area (Å²) in [5, 5.41) is 7.82. The number of hydrogen-bond donors (Lipinski definition) is 1. The average Bonchev–Trinajstić information content (AvgIpc) is 2.55. The molecule has 0 saturated carbocycles. The highest BCUT2D eigenvalue weighted by atomic mass is 79.9. The van der Waals surface area contributed by atoms with E-state index in [0.717, 1.165) is 11.0 Å². The quantitative estimate of drug-likeness (QED) is 0.860. The summed E-state index contributed by atoms with van der Waals surface area (Å²) in [7, 11) is 1.83. The van der Waals surface area contributed by atoms with Crippen molar-refractivity contribution in [2.24, 2.45) is 13.0 Å². The van der Waals surface area contributed by atoms with Crippen molar-refractivity contribution in [1.82, 2.24) is 15.1 Å². The second-order valence-electron chi connectivity index (χ2n) is 4.25. The molecule has 0 spiro atoms. The zero-order chi connectivity index (χ0) is 12.3. The average molecular weight is 288 g/mol. The van der Waals surface area contributed by atoms with E-state index in [9.17, 15) is 4.79 Å². The zero-order valence-corrected chi connectivity index (χ0v) is 11.7. The number of alkyl halides is 1. The molecule has 1 heterocycles. The van der Waals surface area contributed by atoms with Crippen LogP contribution in [0.15, 0.2) is 6.20 Å². The van der Waals surface area contributed by atoms with Gasteiger partial charge in [0.05, 0.1) is 11.8 Å². The zero-order valence-electron chi connectivity index (χ0n) is 10.1. The minimum Gasteiger partial charge on any atom is -0.348 e. The molecule has 1 aromatic rings. The van der Waals surface area contributed by atoms with E-state index in [0.29, 0.717) is 11.5 Å². The fourth-order valence-corrected chi connectivity index (χ4v) is 2.26. The summed E-state index contributed by atoms with van der Waals surface area (Å²) >= 11 is 3.41. The molecule has 1 atom stereocenters. The molecular weight excluding hydrogens is 270 g/mol. The van der Waals surface area contributed by atoms with E-state index in [1.165, 1.54) is 0 Å². The summed E-state index contributed by atoms with van der Waals surface area (Å²) in [5.74, 6) is 0.351. The summed E-state index contributed by atoms with van der Waals surface area (Å²) in [6.07, 6.45) is 1.61. The van der Waals surface area contributed by atoms with E-state index in [-0.39, 0.29) is 11.9 Å². The number of aryl methyl sites for hydroxylation is 1. The minimum absolute atomic E-state index is 0.0521. The van der Waals surface area contributed by atoms with Crippen LogP contribution in [0, 0.1) is 12.8 Å². The van der Waals surface area contributed by atoms with Crippen LogP contribution >= 0.6 is 15.9 Å². The highest BCUT2D eigenvalue weighted by molar-refractivity contribution is 9.09. The molecule has 0 aliphatic rings. The highest BCUT2D eigenvalue weighted by Crippen LogP contribution is 2.09. The topological polar surface area (TPSA) is 46.9 Å². The number of nitrogens with zero attached hydrogens (tertiary/aromatic N) is 2. The van der Waals surface area contributed by atoms with E-state index in [4.69, 9.17) is 0 Å². The molecule has 16 heavy (non-hydrogen) atoms. The minimum atomic E-state index is -0.0521. The Bertz CT molecular complexity index is 373. The number of halogens is 1. The van der Waals surface area contributed by atoms with E-state index in [1.807, 2.05) is 14.0 Å². The van der Waals surface area contributed by atoms with E-state index in [2.05, 4.69) is 40.2 Å². The second-order valence-corrected chi connectivity index (χ2v) is 4.89. The molecule has 0 fully saturated rings. The third-order valence-electron chi connectivity index (χ3n) is 2.77. The Kier molecular flexibility index (Phi) is 4.53. The normalized spacial score (nSPS) is 12.9. The predicted molar refractivity (Wildman–Crippen MR) is 67.8 cm³/mol. The highest BCUT2D eigenvalue weighted by Gasteiger charge is 2.18. The van der Waals surface area contributed by atoms with Gasteiger partial charge in [-0.25, -0.2) is 0 Å². The molecule has 0 aromatic carbocycles. The Morgan fingerprint density at radius 3 is 2.62 bits per heavy atom. The van der Waals surface area contributed by atoms with Gasteiger partial charge in [-0.3, -0.25) is 9.48 Å². The molecule has 90 valence electrons. The van der Waals surface area contributed by atoms with Gasteiger partial charge >= 0.3 is 0 Å². The molecule has 1 amide bonds. The standard InChI is InChI=1S/C11H18BrN3O/c1-7(2)10(5-12)14-11(16)9-6-13-15(4)8(9)3/h6-7,10H,5H2,1-4H3,(H,14,16). The summed E-state index contributed by atoms with van der Waals surface area (Å²) in [6.45, 7) is 6.06. The molecule has 1 N–H and O–H groups in total. The van der Waals surface area contributed by atoms with Gasteiger partial charge in [-0.15, -0.1) is 0 Å². The maximum Gasteiger partial charge on any atom is 0.254 e. The van der Waals surface area contributed by atoms with Gasteiger partial charge in [-0.1, -0.05) is 29.8 Å². The summed E-state index contributed by atoms with van der Waals surface area (Å²) in [6, 6.07) is 0.145. The van der Waals surface area contributed by atoms with Crippen LogP contribution < -0.4 is 5.32 Å². The van der Waals surface area contributed by atoms with Gasteiger partial charge in [-0.05, 0) is 12.8 Å². The first-order chi connectivity index (χ1) is 7.47. The van der Waals surface area contributed by atoms with Crippen molar-refractivity contribution in [1.29, 1.82) is 0 Å². The predicted octanol–water partition coefficient (Wildman–Crippen LogP) is 1.88. The fourth-order valence-electron chi connectivity index (χ4n) is 1.35. The Labute approximate surface area is 105 Å². The van der Waals surface area contributed by atoms with Gasteiger partial charge in [0.2, 0.25) is 0 Å². The molecular formula is C11H18BrN3O. The maximum absolute atomic E-state index is 12.0. The lowest BCUT2D eigenvalue weighted by Crippen LogP contribution is -2.39. The van der Waals surface area contributed by atoms with Crippen molar-refractivity contribution in [2.45, 2.75) is 26.8 Å². The van der Waals surface area contributed by atoms with Gasteiger partial charge in [0.1, 0.15) is 0 Å². The number of carbonyl (C=O) groups excluding carboxylic acids is 1. The third kappa shape index (κ3) is 2.84.